The highest BCUT2D eigenvalue weighted by Crippen LogP contribution is 2.15. The quantitative estimate of drug-likeness (QED) is 0.291. The largest absolute Gasteiger partial charge is 0.356 e. The van der Waals surface area contributed by atoms with Crippen molar-refractivity contribution in [3.8, 4) is 0 Å². The molecule has 1 aliphatic heterocycles. The van der Waals surface area contributed by atoms with Crippen LogP contribution in [0.1, 0.15) is 38.2 Å². The first kappa shape index (κ1) is 21.2. The molecule has 1 aromatic heterocycles. The van der Waals surface area contributed by atoms with E-state index in [2.05, 4.69) is 45.7 Å². The summed E-state index contributed by atoms with van der Waals surface area (Å²) in [7, 11) is 1.82. The van der Waals surface area contributed by atoms with Crippen LogP contribution < -0.4 is 10.6 Å². The van der Waals surface area contributed by atoms with Crippen molar-refractivity contribution in [1.29, 1.82) is 0 Å². The van der Waals surface area contributed by atoms with E-state index in [9.17, 15) is 0 Å². The van der Waals surface area contributed by atoms with Crippen molar-refractivity contribution in [1.82, 2.24) is 25.3 Å². The molecular formula is C17H33IN6. The molecule has 0 bridgehead atoms. The molecule has 0 aromatic carbocycles. The molecule has 7 heteroatoms. The highest BCUT2D eigenvalue weighted by atomic mass is 127. The van der Waals surface area contributed by atoms with Gasteiger partial charge in [-0.05, 0) is 45.2 Å². The van der Waals surface area contributed by atoms with Gasteiger partial charge in [0.2, 0.25) is 0 Å². The summed E-state index contributed by atoms with van der Waals surface area (Å²) >= 11 is 0. The van der Waals surface area contributed by atoms with Crippen molar-refractivity contribution in [3.05, 3.63) is 18.0 Å². The number of nitrogens with zero attached hydrogens (tertiary/aromatic N) is 4. The lowest BCUT2D eigenvalue weighted by Crippen LogP contribution is -2.42. The second-order valence-electron chi connectivity index (χ2n) is 6.44. The number of hydrogen-bond acceptors (Lipinski definition) is 3. The van der Waals surface area contributed by atoms with Gasteiger partial charge in [-0.2, -0.15) is 5.10 Å². The molecule has 2 rings (SSSR count). The number of likely N-dealkylation sites (tertiary alicyclic amines) is 1. The third kappa shape index (κ3) is 7.38. The molecule has 1 fully saturated rings. The number of rotatable bonds is 7. The summed E-state index contributed by atoms with van der Waals surface area (Å²) in [6.07, 6.45) is 9.19. The van der Waals surface area contributed by atoms with Gasteiger partial charge in [0.1, 0.15) is 0 Å². The SMILES string of the molecule is CN=C(NCCCN1CCCCC1C)NCCn1cc(C)cn1.I. The lowest BCUT2D eigenvalue weighted by molar-refractivity contribution is 0.159. The maximum absolute atomic E-state index is 4.28. The first-order valence-electron chi connectivity index (χ1n) is 8.86. The van der Waals surface area contributed by atoms with Crippen LogP contribution in [0, 0.1) is 6.92 Å². The maximum atomic E-state index is 4.28. The first-order chi connectivity index (χ1) is 11.2. The van der Waals surface area contributed by atoms with E-state index in [0.29, 0.717) is 0 Å². The van der Waals surface area contributed by atoms with Crippen LogP contribution in [0.2, 0.25) is 0 Å². The molecule has 6 nitrogen and oxygen atoms in total. The van der Waals surface area contributed by atoms with E-state index in [1.807, 2.05) is 17.9 Å². The summed E-state index contributed by atoms with van der Waals surface area (Å²) in [4.78, 5) is 6.89. The van der Waals surface area contributed by atoms with Gasteiger partial charge >= 0.3 is 0 Å². The van der Waals surface area contributed by atoms with Gasteiger partial charge in [0.05, 0.1) is 12.7 Å². The van der Waals surface area contributed by atoms with Crippen LogP contribution in [0.25, 0.3) is 0 Å². The van der Waals surface area contributed by atoms with Crippen molar-refractivity contribution < 1.29 is 0 Å². The summed E-state index contributed by atoms with van der Waals surface area (Å²) in [6.45, 7) is 9.48. The van der Waals surface area contributed by atoms with Crippen LogP contribution in [0.3, 0.4) is 0 Å². The van der Waals surface area contributed by atoms with Crippen LogP contribution in [-0.2, 0) is 6.54 Å². The van der Waals surface area contributed by atoms with Gasteiger partial charge in [0, 0.05) is 38.9 Å². The molecule has 1 saturated heterocycles. The summed E-state index contributed by atoms with van der Waals surface area (Å²) in [5.41, 5.74) is 1.19. The van der Waals surface area contributed by atoms with Crippen LogP contribution in [0.4, 0.5) is 0 Å². The lowest BCUT2D eigenvalue weighted by Gasteiger charge is -2.33. The molecule has 2 N–H and O–H groups in total. The van der Waals surface area contributed by atoms with Crippen molar-refractivity contribution in [3.63, 3.8) is 0 Å². The smallest absolute Gasteiger partial charge is 0.191 e. The Morgan fingerprint density at radius 1 is 1.29 bits per heavy atom. The fourth-order valence-electron chi connectivity index (χ4n) is 3.08. The molecule has 0 amide bonds. The molecule has 1 unspecified atom stereocenters. The summed E-state index contributed by atoms with van der Waals surface area (Å²) < 4.78 is 1.95. The Morgan fingerprint density at radius 3 is 2.75 bits per heavy atom. The minimum Gasteiger partial charge on any atom is -0.356 e. The zero-order chi connectivity index (χ0) is 16.5. The van der Waals surface area contributed by atoms with E-state index >= 15 is 0 Å². The number of piperidine rings is 1. The van der Waals surface area contributed by atoms with Crippen molar-refractivity contribution in [2.45, 2.75) is 52.1 Å². The minimum absolute atomic E-state index is 0. The molecule has 0 aliphatic carbocycles. The highest BCUT2D eigenvalue weighted by molar-refractivity contribution is 14.0. The molecule has 1 aromatic rings. The van der Waals surface area contributed by atoms with Gasteiger partial charge in [-0.1, -0.05) is 6.42 Å². The molecule has 0 spiro atoms. The van der Waals surface area contributed by atoms with E-state index in [4.69, 9.17) is 0 Å². The standard InChI is InChI=1S/C17H32N6.HI/c1-15-13-21-23(14-15)12-9-20-17(18-3)19-8-6-11-22-10-5-4-7-16(22)2;/h13-14,16H,4-12H2,1-3H3,(H2,18,19,20);1H. The van der Waals surface area contributed by atoms with E-state index in [1.165, 1.54) is 37.9 Å². The predicted octanol–water partition coefficient (Wildman–Crippen LogP) is 2.24. The summed E-state index contributed by atoms with van der Waals surface area (Å²) in [6, 6.07) is 0.749. The van der Waals surface area contributed by atoms with E-state index in [1.54, 1.807) is 0 Å². The van der Waals surface area contributed by atoms with Crippen molar-refractivity contribution >= 4 is 29.9 Å². The number of aliphatic imine (C=N–C) groups is 1. The second kappa shape index (κ2) is 11.7. The fraction of sp³-hybridized carbons (Fsp3) is 0.765. The molecular weight excluding hydrogens is 415 g/mol. The molecule has 2 heterocycles. The van der Waals surface area contributed by atoms with Gasteiger partial charge < -0.3 is 15.5 Å². The summed E-state index contributed by atoms with van der Waals surface area (Å²) in [5.74, 6) is 0.876. The topological polar surface area (TPSA) is 57.5 Å². The van der Waals surface area contributed by atoms with Gasteiger partial charge in [-0.25, -0.2) is 0 Å². The van der Waals surface area contributed by atoms with Gasteiger partial charge in [0.25, 0.3) is 0 Å². The summed E-state index contributed by atoms with van der Waals surface area (Å²) in [5, 5.41) is 11.0. The Labute approximate surface area is 163 Å². The van der Waals surface area contributed by atoms with E-state index < -0.39 is 0 Å². The predicted molar refractivity (Wildman–Crippen MR) is 111 cm³/mol. The minimum atomic E-state index is 0. The number of guanidine groups is 1. The number of aromatic nitrogens is 2. The monoisotopic (exact) mass is 448 g/mol. The Kier molecular flexibility index (Phi) is 10.3. The number of nitrogens with one attached hydrogen (secondary N) is 2. The Balaban J connectivity index is 0.00000288. The van der Waals surface area contributed by atoms with Crippen LogP contribution >= 0.6 is 24.0 Å². The third-order valence-electron chi connectivity index (χ3n) is 4.47. The number of hydrogen-bond donors (Lipinski definition) is 2. The number of halogens is 1. The molecule has 1 atom stereocenters. The Morgan fingerprint density at radius 2 is 2.08 bits per heavy atom. The van der Waals surface area contributed by atoms with E-state index in [-0.39, 0.29) is 24.0 Å². The maximum Gasteiger partial charge on any atom is 0.191 e. The van der Waals surface area contributed by atoms with Crippen molar-refractivity contribution in [2.75, 3.05) is 33.2 Å². The molecule has 24 heavy (non-hydrogen) atoms. The first-order valence-corrected chi connectivity index (χ1v) is 8.86. The lowest BCUT2D eigenvalue weighted by atomic mass is 10.0. The second-order valence-corrected chi connectivity index (χ2v) is 6.44. The molecule has 1 aliphatic rings. The Hall–Kier alpha value is -0.830. The Bertz CT molecular complexity index is 487. The normalized spacial score (nSPS) is 19.0. The molecule has 0 saturated carbocycles. The fourth-order valence-corrected chi connectivity index (χ4v) is 3.08. The van der Waals surface area contributed by atoms with Gasteiger partial charge in [-0.3, -0.25) is 9.67 Å². The molecule has 0 radical (unpaired) electrons. The van der Waals surface area contributed by atoms with Crippen LogP contribution in [0.15, 0.2) is 17.4 Å². The third-order valence-corrected chi connectivity index (χ3v) is 4.47. The van der Waals surface area contributed by atoms with Gasteiger partial charge in [-0.15, -0.1) is 24.0 Å². The number of aryl methyl sites for hydroxylation is 1. The molecule has 138 valence electrons. The van der Waals surface area contributed by atoms with E-state index in [0.717, 1.165) is 38.1 Å². The average Bonchev–Trinajstić information content (AvgIpc) is 2.96. The zero-order valence-corrected chi connectivity index (χ0v) is 17.6. The van der Waals surface area contributed by atoms with Crippen LogP contribution in [0.5, 0.6) is 0 Å². The zero-order valence-electron chi connectivity index (χ0n) is 15.3. The average molecular weight is 448 g/mol. The van der Waals surface area contributed by atoms with Gasteiger partial charge in [0.15, 0.2) is 5.96 Å². The van der Waals surface area contributed by atoms with Crippen molar-refractivity contribution in [2.24, 2.45) is 4.99 Å². The highest BCUT2D eigenvalue weighted by Gasteiger charge is 2.16. The van der Waals surface area contributed by atoms with Crippen LogP contribution in [-0.4, -0.2) is 59.9 Å².